The number of nitrogens with zero attached hydrogens (tertiary/aromatic N) is 3. The van der Waals surface area contributed by atoms with Crippen molar-refractivity contribution >= 4 is 23.1 Å². The molecule has 7 heteroatoms. The van der Waals surface area contributed by atoms with Crippen LogP contribution in [0.1, 0.15) is 40.2 Å². The molecule has 0 aliphatic carbocycles. The number of nitriles is 1. The molecule has 0 saturated heterocycles. The highest BCUT2D eigenvalue weighted by molar-refractivity contribution is 5.95. The molecule has 142 valence electrons. The molecule has 2 aromatic heterocycles. The van der Waals surface area contributed by atoms with Crippen LogP contribution in [0.3, 0.4) is 0 Å². The first-order valence-corrected chi connectivity index (χ1v) is 9.02. The number of amides is 2. The van der Waals surface area contributed by atoms with Gasteiger partial charge in [-0.25, -0.2) is 4.98 Å². The second-order valence-corrected chi connectivity index (χ2v) is 6.50. The summed E-state index contributed by atoms with van der Waals surface area (Å²) >= 11 is 0. The van der Waals surface area contributed by atoms with Crippen LogP contribution >= 0.6 is 0 Å². The van der Waals surface area contributed by atoms with E-state index in [1.165, 1.54) is 0 Å². The SMILES string of the molecule is Cc1nc2c(C)cccn2c1C(=O)NCCCC(=O)Nc1ccccc1C#N. The minimum atomic E-state index is -0.217. The normalized spacial score (nSPS) is 10.5. The van der Waals surface area contributed by atoms with E-state index in [1.54, 1.807) is 35.6 Å². The Labute approximate surface area is 163 Å². The van der Waals surface area contributed by atoms with Crippen molar-refractivity contribution in [2.45, 2.75) is 26.7 Å². The first-order chi connectivity index (χ1) is 13.5. The van der Waals surface area contributed by atoms with Crippen LogP contribution in [0.5, 0.6) is 0 Å². The molecule has 0 unspecified atom stereocenters. The van der Waals surface area contributed by atoms with Crippen molar-refractivity contribution in [1.82, 2.24) is 14.7 Å². The molecule has 0 aliphatic rings. The molecule has 0 atom stereocenters. The fourth-order valence-electron chi connectivity index (χ4n) is 3.03. The van der Waals surface area contributed by atoms with Gasteiger partial charge in [-0.2, -0.15) is 5.26 Å². The third-order valence-electron chi connectivity index (χ3n) is 4.42. The Hall–Kier alpha value is -3.66. The van der Waals surface area contributed by atoms with E-state index in [2.05, 4.69) is 15.6 Å². The summed E-state index contributed by atoms with van der Waals surface area (Å²) in [5.74, 6) is -0.413. The van der Waals surface area contributed by atoms with Gasteiger partial charge in [-0.15, -0.1) is 0 Å². The molecule has 0 aliphatic heterocycles. The Kier molecular flexibility index (Phi) is 5.70. The van der Waals surface area contributed by atoms with Crippen molar-refractivity contribution in [3.63, 3.8) is 0 Å². The topological polar surface area (TPSA) is 99.3 Å². The first-order valence-electron chi connectivity index (χ1n) is 9.02. The third-order valence-corrected chi connectivity index (χ3v) is 4.42. The summed E-state index contributed by atoms with van der Waals surface area (Å²) in [6.45, 7) is 4.12. The van der Waals surface area contributed by atoms with Gasteiger partial charge in [0.05, 0.1) is 16.9 Å². The molecular formula is C21H21N5O2. The fraction of sp³-hybridized carbons (Fsp3) is 0.238. The smallest absolute Gasteiger partial charge is 0.270 e. The summed E-state index contributed by atoms with van der Waals surface area (Å²) < 4.78 is 1.78. The summed E-state index contributed by atoms with van der Waals surface area (Å²) in [6.07, 6.45) is 2.55. The number of nitrogens with one attached hydrogen (secondary N) is 2. The number of carbonyl (C=O) groups excluding carboxylic acids is 2. The summed E-state index contributed by atoms with van der Waals surface area (Å²) in [6, 6.07) is 12.7. The highest BCUT2D eigenvalue weighted by Gasteiger charge is 2.17. The molecule has 0 bridgehead atoms. The van der Waals surface area contributed by atoms with E-state index < -0.39 is 0 Å². The second-order valence-electron chi connectivity index (χ2n) is 6.50. The predicted molar refractivity (Wildman–Crippen MR) is 106 cm³/mol. The molecule has 2 amide bonds. The monoisotopic (exact) mass is 375 g/mol. The van der Waals surface area contributed by atoms with E-state index in [-0.39, 0.29) is 18.2 Å². The largest absolute Gasteiger partial charge is 0.351 e. The molecule has 0 fully saturated rings. The Morgan fingerprint density at radius 2 is 1.96 bits per heavy atom. The number of benzene rings is 1. The lowest BCUT2D eigenvalue weighted by atomic mass is 10.2. The van der Waals surface area contributed by atoms with Crippen LogP contribution in [-0.4, -0.2) is 27.7 Å². The number of fused-ring (bicyclic) bond motifs is 1. The molecule has 7 nitrogen and oxygen atoms in total. The lowest BCUT2D eigenvalue weighted by molar-refractivity contribution is -0.116. The lowest BCUT2D eigenvalue weighted by Crippen LogP contribution is -2.27. The molecule has 0 radical (unpaired) electrons. The van der Waals surface area contributed by atoms with Crippen LogP contribution in [0.25, 0.3) is 5.65 Å². The van der Waals surface area contributed by atoms with E-state index >= 15 is 0 Å². The maximum atomic E-state index is 12.6. The molecule has 28 heavy (non-hydrogen) atoms. The summed E-state index contributed by atoms with van der Waals surface area (Å²) in [4.78, 5) is 29.1. The molecule has 0 spiro atoms. The minimum absolute atomic E-state index is 0.196. The maximum Gasteiger partial charge on any atom is 0.270 e. The van der Waals surface area contributed by atoms with Gasteiger partial charge < -0.3 is 10.6 Å². The van der Waals surface area contributed by atoms with Gasteiger partial charge in [0.1, 0.15) is 17.4 Å². The van der Waals surface area contributed by atoms with Crippen LogP contribution in [0.4, 0.5) is 5.69 Å². The number of rotatable bonds is 6. The van der Waals surface area contributed by atoms with Gasteiger partial charge in [-0.1, -0.05) is 18.2 Å². The third kappa shape index (κ3) is 4.01. The number of hydrogen-bond donors (Lipinski definition) is 2. The Morgan fingerprint density at radius 3 is 2.75 bits per heavy atom. The van der Waals surface area contributed by atoms with Crippen LogP contribution in [0, 0.1) is 25.2 Å². The minimum Gasteiger partial charge on any atom is -0.351 e. The van der Waals surface area contributed by atoms with Crippen molar-refractivity contribution in [3.05, 3.63) is 65.1 Å². The maximum absolute atomic E-state index is 12.6. The number of aryl methyl sites for hydroxylation is 2. The molecule has 2 N–H and O–H groups in total. The summed E-state index contributed by atoms with van der Waals surface area (Å²) in [5, 5.41) is 14.6. The van der Waals surface area contributed by atoms with E-state index in [4.69, 9.17) is 5.26 Å². The second kappa shape index (κ2) is 8.35. The Morgan fingerprint density at radius 1 is 1.18 bits per heavy atom. The number of imidazole rings is 1. The van der Waals surface area contributed by atoms with Gasteiger partial charge in [-0.05, 0) is 44.0 Å². The van der Waals surface area contributed by atoms with Gasteiger partial charge in [0.2, 0.25) is 5.91 Å². The van der Waals surface area contributed by atoms with Crippen LogP contribution in [0.2, 0.25) is 0 Å². The van der Waals surface area contributed by atoms with Crippen molar-refractivity contribution in [2.75, 3.05) is 11.9 Å². The first kappa shape index (κ1) is 19.1. The van der Waals surface area contributed by atoms with Gasteiger partial charge in [0.25, 0.3) is 5.91 Å². The molecule has 1 aromatic carbocycles. The lowest BCUT2D eigenvalue weighted by Gasteiger charge is -2.08. The zero-order valence-electron chi connectivity index (χ0n) is 15.8. The van der Waals surface area contributed by atoms with Gasteiger partial charge in [-0.3, -0.25) is 14.0 Å². The molecule has 3 aromatic rings. The summed E-state index contributed by atoms with van der Waals surface area (Å²) in [7, 11) is 0. The van der Waals surface area contributed by atoms with E-state index in [9.17, 15) is 9.59 Å². The van der Waals surface area contributed by atoms with Crippen molar-refractivity contribution in [1.29, 1.82) is 5.26 Å². The summed E-state index contributed by atoms with van der Waals surface area (Å²) in [5.41, 5.74) is 3.85. The van der Waals surface area contributed by atoms with Crippen LogP contribution in [0.15, 0.2) is 42.6 Å². The molecule has 3 rings (SSSR count). The number of hydrogen-bond acceptors (Lipinski definition) is 4. The number of pyridine rings is 1. The van der Waals surface area contributed by atoms with Crippen molar-refractivity contribution in [2.24, 2.45) is 0 Å². The highest BCUT2D eigenvalue weighted by Crippen LogP contribution is 2.16. The van der Waals surface area contributed by atoms with Gasteiger partial charge in [0, 0.05) is 19.2 Å². The highest BCUT2D eigenvalue weighted by atomic mass is 16.2. The Bertz CT molecular complexity index is 1080. The fourth-order valence-corrected chi connectivity index (χ4v) is 3.03. The quantitative estimate of drug-likeness (QED) is 0.647. The van der Waals surface area contributed by atoms with E-state index in [0.29, 0.717) is 35.6 Å². The van der Waals surface area contributed by atoms with E-state index in [1.807, 2.05) is 31.3 Å². The van der Waals surface area contributed by atoms with Gasteiger partial charge >= 0.3 is 0 Å². The van der Waals surface area contributed by atoms with Crippen molar-refractivity contribution in [3.8, 4) is 6.07 Å². The predicted octanol–water partition coefficient (Wildman–Crippen LogP) is 2.97. The molecule has 2 heterocycles. The standard InChI is InChI=1S/C21H21N5O2/c1-14-7-6-12-26-19(15(2)24-20(14)26)21(28)23-11-5-10-18(27)25-17-9-4-3-8-16(17)13-22/h3-4,6-9,12H,5,10-11H2,1-2H3,(H,23,28)(H,25,27). The molecule has 0 saturated carbocycles. The number of anilines is 1. The zero-order valence-corrected chi connectivity index (χ0v) is 15.8. The Balaban J connectivity index is 1.54. The van der Waals surface area contributed by atoms with E-state index in [0.717, 1.165) is 11.2 Å². The number of aromatic nitrogens is 2. The van der Waals surface area contributed by atoms with Gasteiger partial charge in [0.15, 0.2) is 0 Å². The molecular weight excluding hydrogens is 354 g/mol. The van der Waals surface area contributed by atoms with Crippen molar-refractivity contribution < 1.29 is 9.59 Å². The average Bonchev–Trinajstić information content (AvgIpc) is 3.03. The van der Waals surface area contributed by atoms with Crippen LogP contribution in [-0.2, 0) is 4.79 Å². The number of para-hydroxylation sites is 1. The average molecular weight is 375 g/mol. The number of carbonyl (C=O) groups is 2. The van der Waals surface area contributed by atoms with Crippen LogP contribution < -0.4 is 10.6 Å². The zero-order chi connectivity index (χ0) is 20.1.